The van der Waals surface area contributed by atoms with Crippen LogP contribution < -0.4 is 10.1 Å². The molecule has 0 bridgehead atoms. The van der Waals surface area contributed by atoms with E-state index in [9.17, 15) is 9.90 Å². The van der Waals surface area contributed by atoms with E-state index in [0.717, 1.165) is 10.8 Å². The second-order valence-corrected chi connectivity index (χ2v) is 6.04. The Hall–Kier alpha value is -2.11. The Bertz CT molecular complexity index is 688. The minimum Gasteiger partial charge on any atom is -0.484 e. The topological polar surface area (TPSA) is 78.8 Å². The first kappa shape index (κ1) is 15.8. The zero-order chi connectivity index (χ0) is 16.2. The lowest BCUT2D eigenvalue weighted by Crippen LogP contribution is -2.36. The van der Waals surface area contributed by atoms with Gasteiger partial charge in [0.25, 0.3) is 5.91 Å². The monoisotopic (exact) mass is 315 g/mol. The van der Waals surface area contributed by atoms with Crippen LogP contribution in [-0.4, -0.2) is 41.5 Å². The Balaban J connectivity index is 1.52. The second kappa shape index (κ2) is 6.98. The molecule has 0 spiro atoms. The molecule has 23 heavy (non-hydrogen) atoms. The number of benzene rings is 2. The number of aliphatic hydroxyl groups is 2. The van der Waals surface area contributed by atoms with Crippen molar-refractivity contribution in [2.75, 3.05) is 13.2 Å². The summed E-state index contributed by atoms with van der Waals surface area (Å²) in [6.45, 7) is -0.115. The van der Waals surface area contributed by atoms with Gasteiger partial charge in [0.05, 0.1) is 6.10 Å². The summed E-state index contributed by atoms with van der Waals surface area (Å²) >= 11 is 0. The van der Waals surface area contributed by atoms with Gasteiger partial charge in [-0.05, 0) is 35.7 Å². The standard InChI is InChI=1S/C18H21NO4/c20-10-14-7-15(9-17(14)21)19-18(22)11-23-16-6-5-12-3-1-2-4-13(12)8-16/h1-6,8,14-15,17,20-21H,7,9-11H2,(H,19,22)/t14-,15-,17-/m0/s1. The van der Waals surface area contributed by atoms with E-state index in [1.165, 1.54) is 0 Å². The molecular weight excluding hydrogens is 294 g/mol. The maximum atomic E-state index is 12.0. The third-order valence-corrected chi connectivity index (χ3v) is 4.35. The summed E-state index contributed by atoms with van der Waals surface area (Å²) in [5.41, 5.74) is 0. The molecule has 1 aliphatic carbocycles. The summed E-state index contributed by atoms with van der Waals surface area (Å²) in [6.07, 6.45) is 0.526. The number of hydrogen-bond acceptors (Lipinski definition) is 4. The molecule has 1 fully saturated rings. The second-order valence-electron chi connectivity index (χ2n) is 6.04. The lowest BCUT2D eigenvalue weighted by Gasteiger charge is -2.13. The molecular formula is C18H21NO4. The highest BCUT2D eigenvalue weighted by Gasteiger charge is 2.33. The maximum absolute atomic E-state index is 12.0. The van der Waals surface area contributed by atoms with E-state index in [2.05, 4.69) is 5.32 Å². The molecule has 3 atom stereocenters. The molecule has 5 heteroatoms. The molecule has 1 amide bonds. The number of carbonyl (C=O) groups excluding carboxylic acids is 1. The number of carbonyl (C=O) groups is 1. The van der Waals surface area contributed by atoms with E-state index in [4.69, 9.17) is 9.84 Å². The third-order valence-electron chi connectivity index (χ3n) is 4.35. The van der Waals surface area contributed by atoms with Crippen molar-refractivity contribution in [1.29, 1.82) is 0 Å². The Labute approximate surface area is 134 Å². The van der Waals surface area contributed by atoms with Gasteiger partial charge >= 0.3 is 0 Å². The van der Waals surface area contributed by atoms with Gasteiger partial charge in [0.1, 0.15) is 5.75 Å². The van der Waals surface area contributed by atoms with Crippen LogP contribution in [0, 0.1) is 5.92 Å². The lowest BCUT2D eigenvalue weighted by atomic mass is 10.1. The van der Waals surface area contributed by atoms with Crippen molar-refractivity contribution in [3.8, 4) is 5.75 Å². The molecule has 3 rings (SSSR count). The van der Waals surface area contributed by atoms with Gasteiger partial charge in [-0.2, -0.15) is 0 Å². The zero-order valence-corrected chi connectivity index (χ0v) is 12.8. The molecule has 0 radical (unpaired) electrons. The van der Waals surface area contributed by atoms with Crippen molar-refractivity contribution < 1.29 is 19.7 Å². The first-order chi connectivity index (χ1) is 11.2. The molecule has 1 saturated carbocycles. The van der Waals surface area contributed by atoms with Crippen LogP contribution in [0.2, 0.25) is 0 Å². The molecule has 0 unspecified atom stereocenters. The fourth-order valence-electron chi connectivity index (χ4n) is 3.09. The minimum absolute atomic E-state index is 0.0544. The highest BCUT2D eigenvalue weighted by Crippen LogP contribution is 2.25. The Kier molecular flexibility index (Phi) is 4.79. The summed E-state index contributed by atoms with van der Waals surface area (Å²) in [5.74, 6) is 0.286. The average Bonchev–Trinajstić information content (AvgIpc) is 2.92. The van der Waals surface area contributed by atoms with E-state index < -0.39 is 6.10 Å². The first-order valence-corrected chi connectivity index (χ1v) is 7.85. The van der Waals surface area contributed by atoms with Gasteiger partial charge < -0.3 is 20.3 Å². The Morgan fingerprint density at radius 1 is 1.17 bits per heavy atom. The smallest absolute Gasteiger partial charge is 0.258 e. The summed E-state index contributed by atoms with van der Waals surface area (Å²) in [5, 5.41) is 23.9. The van der Waals surface area contributed by atoms with Crippen LogP contribution in [0.4, 0.5) is 0 Å². The van der Waals surface area contributed by atoms with Crippen molar-refractivity contribution in [3.63, 3.8) is 0 Å². The molecule has 0 aromatic heterocycles. The number of nitrogens with one attached hydrogen (secondary N) is 1. The molecule has 122 valence electrons. The fourth-order valence-corrected chi connectivity index (χ4v) is 3.09. The first-order valence-electron chi connectivity index (χ1n) is 7.85. The van der Waals surface area contributed by atoms with Gasteiger partial charge in [0.2, 0.25) is 0 Å². The van der Waals surface area contributed by atoms with Gasteiger partial charge in [-0.15, -0.1) is 0 Å². The average molecular weight is 315 g/mol. The predicted molar refractivity (Wildman–Crippen MR) is 87.2 cm³/mol. The summed E-state index contributed by atoms with van der Waals surface area (Å²) in [7, 11) is 0. The largest absolute Gasteiger partial charge is 0.484 e. The van der Waals surface area contributed by atoms with E-state index in [1.807, 2.05) is 42.5 Å². The van der Waals surface area contributed by atoms with Gasteiger partial charge in [-0.25, -0.2) is 0 Å². The number of rotatable bonds is 5. The van der Waals surface area contributed by atoms with E-state index in [0.29, 0.717) is 18.6 Å². The Morgan fingerprint density at radius 2 is 1.96 bits per heavy atom. The van der Waals surface area contributed by atoms with Gasteiger partial charge in [-0.1, -0.05) is 30.3 Å². The highest BCUT2D eigenvalue weighted by atomic mass is 16.5. The molecule has 2 aromatic carbocycles. The maximum Gasteiger partial charge on any atom is 0.258 e. The van der Waals surface area contributed by atoms with Crippen LogP contribution in [0.3, 0.4) is 0 Å². The molecule has 1 aliphatic rings. The van der Waals surface area contributed by atoms with Gasteiger partial charge in [0.15, 0.2) is 6.61 Å². The fraction of sp³-hybridized carbons (Fsp3) is 0.389. The zero-order valence-electron chi connectivity index (χ0n) is 12.8. The van der Waals surface area contributed by atoms with Gasteiger partial charge in [0, 0.05) is 18.6 Å². The number of hydrogen-bond donors (Lipinski definition) is 3. The quantitative estimate of drug-likeness (QED) is 0.781. The van der Waals surface area contributed by atoms with E-state index >= 15 is 0 Å². The molecule has 2 aromatic rings. The van der Waals surface area contributed by atoms with Crippen LogP contribution in [0.15, 0.2) is 42.5 Å². The van der Waals surface area contributed by atoms with Crippen LogP contribution in [0.5, 0.6) is 5.75 Å². The van der Waals surface area contributed by atoms with Crippen molar-refractivity contribution in [2.45, 2.75) is 25.0 Å². The van der Waals surface area contributed by atoms with Gasteiger partial charge in [-0.3, -0.25) is 4.79 Å². The van der Waals surface area contributed by atoms with Crippen LogP contribution in [0.25, 0.3) is 10.8 Å². The SMILES string of the molecule is O=C(COc1ccc2ccccc2c1)N[C@H]1C[C@@H](CO)[C@@H](O)C1. The van der Waals surface area contributed by atoms with Crippen LogP contribution in [0.1, 0.15) is 12.8 Å². The van der Waals surface area contributed by atoms with Crippen LogP contribution >= 0.6 is 0 Å². The number of aliphatic hydroxyl groups excluding tert-OH is 2. The Morgan fingerprint density at radius 3 is 2.70 bits per heavy atom. The molecule has 0 saturated heterocycles. The predicted octanol–water partition coefficient (Wildman–Crippen LogP) is 1.47. The summed E-state index contributed by atoms with van der Waals surface area (Å²) in [4.78, 5) is 12.0. The number of ether oxygens (including phenoxy) is 1. The number of amides is 1. The summed E-state index contributed by atoms with van der Waals surface area (Å²) < 4.78 is 5.54. The van der Waals surface area contributed by atoms with Crippen molar-refractivity contribution in [1.82, 2.24) is 5.32 Å². The molecule has 0 heterocycles. The molecule has 5 nitrogen and oxygen atoms in total. The molecule has 3 N–H and O–H groups in total. The van der Waals surface area contributed by atoms with E-state index in [1.54, 1.807) is 0 Å². The van der Waals surface area contributed by atoms with Crippen molar-refractivity contribution in [2.24, 2.45) is 5.92 Å². The van der Waals surface area contributed by atoms with E-state index in [-0.39, 0.29) is 31.1 Å². The van der Waals surface area contributed by atoms with Crippen LogP contribution in [-0.2, 0) is 4.79 Å². The third kappa shape index (κ3) is 3.81. The highest BCUT2D eigenvalue weighted by molar-refractivity contribution is 5.84. The summed E-state index contributed by atoms with van der Waals surface area (Å²) in [6, 6.07) is 13.6. The minimum atomic E-state index is -0.549. The van der Waals surface area contributed by atoms with Crippen molar-refractivity contribution in [3.05, 3.63) is 42.5 Å². The normalized spacial score (nSPS) is 23.8. The lowest BCUT2D eigenvalue weighted by molar-refractivity contribution is -0.123. The number of fused-ring (bicyclic) bond motifs is 1. The molecule has 0 aliphatic heterocycles. The van der Waals surface area contributed by atoms with Crippen molar-refractivity contribution >= 4 is 16.7 Å².